The molecule has 78 valence electrons. The highest BCUT2D eigenvalue weighted by atomic mass is 16.1. The molecule has 15 heavy (non-hydrogen) atoms. The molecular formula is C11H13N3O. The largest absolute Gasteiger partial charge is 0.355 e. The minimum Gasteiger partial charge on any atom is -0.355 e. The van der Waals surface area contributed by atoms with E-state index in [2.05, 4.69) is 10.4 Å². The Labute approximate surface area is 87.9 Å². The van der Waals surface area contributed by atoms with Gasteiger partial charge in [-0.3, -0.25) is 9.48 Å². The summed E-state index contributed by atoms with van der Waals surface area (Å²) in [4.78, 5) is 11.6. The summed E-state index contributed by atoms with van der Waals surface area (Å²) in [5.74, 6) is -0.0984. The number of nitrogens with one attached hydrogen (secondary N) is 1. The molecule has 4 heteroatoms. The van der Waals surface area contributed by atoms with Crippen LogP contribution in [0, 0.1) is 6.92 Å². The second kappa shape index (κ2) is 3.38. The molecule has 4 nitrogen and oxygen atoms in total. The lowest BCUT2D eigenvalue weighted by atomic mass is 10.1. The van der Waals surface area contributed by atoms with E-state index < -0.39 is 0 Å². The molecule has 0 atom stereocenters. The minimum atomic E-state index is -0.0984. The Morgan fingerprint density at radius 3 is 2.87 bits per heavy atom. The Morgan fingerprint density at radius 2 is 2.20 bits per heavy atom. The van der Waals surface area contributed by atoms with Gasteiger partial charge in [-0.1, -0.05) is 6.07 Å². The molecule has 1 heterocycles. The van der Waals surface area contributed by atoms with Gasteiger partial charge in [0.2, 0.25) is 0 Å². The van der Waals surface area contributed by atoms with Gasteiger partial charge in [-0.25, -0.2) is 0 Å². The van der Waals surface area contributed by atoms with Crippen molar-refractivity contribution in [2.24, 2.45) is 7.05 Å². The van der Waals surface area contributed by atoms with Crippen LogP contribution < -0.4 is 5.32 Å². The molecule has 0 saturated carbocycles. The number of rotatable bonds is 1. The third-order valence-corrected chi connectivity index (χ3v) is 2.48. The maximum absolute atomic E-state index is 11.6. The smallest absolute Gasteiger partial charge is 0.253 e. The molecule has 0 aliphatic carbocycles. The number of carbonyl (C=O) groups is 1. The number of amides is 1. The molecule has 0 aliphatic heterocycles. The molecule has 0 radical (unpaired) electrons. The van der Waals surface area contributed by atoms with E-state index in [1.165, 1.54) is 0 Å². The van der Waals surface area contributed by atoms with E-state index in [9.17, 15) is 4.79 Å². The summed E-state index contributed by atoms with van der Waals surface area (Å²) >= 11 is 0. The van der Waals surface area contributed by atoms with Crippen LogP contribution in [0.1, 0.15) is 15.9 Å². The number of fused-ring (bicyclic) bond motifs is 1. The monoisotopic (exact) mass is 203 g/mol. The Balaban J connectivity index is 2.76. The predicted octanol–water partition coefficient (Wildman–Crippen LogP) is 1.24. The van der Waals surface area contributed by atoms with Crippen LogP contribution in [-0.4, -0.2) is 22.7 Å². The van der Waals surface area contributed by atoms with Gasteiger partial charge in [-0.15, -0.1) is 0 Å². The van der Waals surface area contributed by atoms with Crippen molar-refractivity contribution in [3.63, 3.8) is 0 Å². The first-order valence-electron chi connectivity index (χ1n) is 4.78. The van der Waals surface area contributed by atoms with Crippen molar-refractivity contribution in [3.05, 3.63) is 29.5 Å². The van der Waals surface area contributed by atoms with Gasteiger partial charge < -0.3 is 5.32 Å². The first-order valence-corrected chi connectivity index (χ1v) is 4.78. The Hall–Kier alpha value is -1.84. The Kier molecular flexibility index (Phi) is 2.19. The summed E-state index contributed by atoms with van der Waals surface area (Å²) in [6.45, 7) is 2.01. The van der Waals surface area contributed by atoms with E-state index in [0.29, 0.717) is 5.56 Å². The van der Waals surface area contributed by atoms with Crippen LogP contribution >= 0.6 is 0 Å². The first kappa shape index (κ1) is 9.71. The van der Waals surface area contributed by atoms with Crippen molar-refractivity contribution >= 4 is 16.8 Å². The quantitative estimate of drug-likeness (QED) is 0.758. The van der Waals surface area contributed by atoms with Crippen LogP contribution in [0.4, 0.5) is 0 Å². The molecule has 0 unspecified atom stereocenters. The van der Waals surface area contributed by atoms with Gasteiger partial charge in [0.1, 0.15) is 5.52 Å². The van der Waals surface area contributed by atoms with Crippen LogP contribution in [0.25, 0.3) is 10.9 Å². The third-order valence-electron chi connectivity index (χ3n) is 2.48. The lowest BCUT2D eigenvalue weighted by molar-refractivity contribution is 0.0964. The summed E-state index contributed by atoms with van der Waals surface area (Å²) in [7, 11) is 3.48. The second-order valence-electron chi connectivity index (χ2n) is 3.57. The van der Waals surface area contributed by atoms with E-state index in [0.717, 1.165) is 16.5 Å². The highest BCUT2D eigenvalue weighted by Crippen LogP contribution is 2.20. The molecule has 0 aliphatic rings. The molecule has 0 bridgehead atoms. The van der Waals surface area contributed by atoms with Crippen molar-refractivity contribution in [2.75, 3.05) is 7.05 Å². The summed E-state index contributed by atoms with van der Waals surface area (Å²) < 4.78 is 1.73. The fourth-order valence-electron chi connectivity index (χ4n) is 1.67. The highest BCUT2D eigenvalue weighted by molar-refractivity contribution is 6.06. The van der Waals surface area contributed by atoms with Gasteiger partial charge in [0.15, 0.2) is 0 Å². The number of hydrogen-bond acceptors (Lipinski definition) is 2. The van der Waals surface area contributed by atoms with Gasteiger partial charge in [0.25, 0.3) is 5.91 Å². The van der Waals surface area contributed by atoms with Crippen LogP contribution in [0.5, 0.6) is 0 Å². The number of nitrogens with zero attached hydrogens (tertiary/aromatic N) is 2. The zero-order valence-corrected chi connectivity index (χ0v) is 9.03. The maximum atomic E-state index is 11.6. The second-order valence-corrected chi connectivity index (χ2v) is 3.57. The Morgan fingerprint density at radius 1 is 1.47 bits per heavy atom. The highest BCUT2D eigenvalue weighted by Gasteiger charge is 2.12. The van der Waals surface area contributed by atoms with Crippen LogP contribution in [0.15, 0.2) is 18.3 Å². The minimum absolute atomic E-state index is 0.0984. The molecule has 2 rings (SSSR count). The lowest BCUT2D eigenvalue weighted by Crippen LogP contribution is -2.18. The maximum Gasteiger partial charge on any atom is 0.253 e. The zero-order valence-electron chi connectivity index (χ0n) is 9.03. The van der Waals surface area contributed by atoms with Crippen molar-refractivity contribution in [3.8, 4) is 0 Å². The van der Waals surface area contributed by atoms with Crippen molar-refractivity contribution in [2.45, 2.75) is 6.92 Å². The molecular weight excluding hydrogens is 190 g/mol. The standard InChI is InChI=1S/C11H13N3O/c1-7-4-5-8(11(15)12-2)10-9(7)6-14(3)13-10/h4-6H,1-3H3,(H,12,15). The van der Waals surface area contributed by atoms with Crippen LogP contribution in [-0.2, 0) is 7.05 Å². The number of carbonyl (C=O) groups excluding carboxylic acids is 1. The van der Waals surface area contributed by atoms with Crippen LogP contribution in [0.2, 0.25) is 0 Å². The number of aryl methyl sites for hydroxylation is 2. The fourth-order valence-corrected chi connectivity index (χ4v) is 1.67. The Bertz CT molecular complexity index is 528. The van der Waals surface area contributed by atoms with Gasteiger partial charge in [0.05, 0.1) is 5.56 Å². The normalized spacial score (nSPS) is 10.6. The molecule has 1 aromatic carbocycles. The van der Waals surface area contributed by atoms with Gasteiger partial charge in [-0.05, 0) is 18.6 Å². The van der Waals surface area contributed by atoms with E-state index in [4.69, 9.17) is 0 Å². The van der Waals surface area contributed by atoms with E-state index in [-0.39, 0.29) is 5.91 Å². The van der Waals surface area contributed by atoms with Crippen molar-refractivity contribution < 1.29 is 4.79 Å². The number of aromatic nitrogens is 2. The molecule has 0 spiro atoms. The first-order chi connectivity index (χ1) is 7.13. The molecule has 1 amide bonds. The summed E-state index contributed by atoms with van der Waals surface area (Å²) in [5, 5.41) is 7.94. The van der Waals surface area contributed by atoms with E-state index in [1.54, 1.807) is 11.7 Å². The van der Waals surface area contributed by atoms with Crippen LogP contribution in [0.3, 0.4) is 0 Å². The summed E-state index contributed by atoms with van der Waals surface area (Å²) in [6, 6.07) is 3.75. The lowest BCUT2D eigenvalue weighted by Gasteiger charge is -2.01. The van der Waals surface area contributed by atoms with E-state index in [1.807, 2.05) is 32.3 Å². The SMILES string of the molecule is CNC(=O)c1ccc(C)c2cn(C)nc12. The predicted molar refractivity (Wildman–Crippen MR) is 58.8 cm³/mol. The third kappa shape index (κ3) is 1.48. The molecule has 1 aromatic heterocycles. The summed E-state index contributed by atoms with van der Waals surface area (Å²) in [6.07, 6.45) is 1.93. The molecule has 0 fully saturated rings. The number of hydrogen-bond donors (Lipinski definition) is 1. The molecule has 2 aromatic rings. The molecule has 0 saturated heterocycles. The average molecular weight is 203 g/mol. The fraction of sp³-hybridized carbons (Fsp3) is 0.273. The molecule has 1 N–H and O–H groups in total. The summed E-state index contributed by atoms with van der Waals surface area (Å²) in [5.41, 5.74) is 2.52. The van der Waals surface area contributed by atoms with Crippen molar-refractivity contribution in [1.82, 2.24) is 15.1 Å². The van der Waals surface area contributed by atoms with Gasteiger partial charge >= 0.3 is 0 Å². The van der Waals surface area contributed by atoms with Gasteiger partial charge in [-0.2, -0.15) is 5.10 Å². The van der Waals surface area contributed by atoms with Crippen molar-refractivity contribution in [1.29, 1.82) is 0 Å². The number of benzene rings is 1. The van der Waals surface area contributed by atoms with E-state index >= 15 is 0 Å². The zero-order chi connectivity index (χ0) is 11.0. The topological polar surface area (TPSA) is 46.9 Å². The average Bonchev–Trinajstić information content (AvgIpc) is 2.60. The van der Waals surface area contributed by atoms with Gasteiger partial charge in [0, 0.05) is 25.7 Å².